The van der Waals surface area contributed by atoms with Gasteiger partial charge < -0.3 is 9.30 Å². The quantitative estimate of drug-likeness (QED) is 0.469. The summed E-state index contributed by atoms with van der Waals surface area (Å²) >= 11 is 1.47. The van der Waals surface area contributed by atoms with Crippen LogP contribution in [0.1, 0.15) is 16.7 Å². The topological polar surface area (TPSA) is 86.7 Å². The SMILES string of the molecule is COCCn1c(=NC(=O)Cc2ccc([N+](=O)[O-])cc2)sc2cc(C)c(C)cc21. The van der Waals surface area contributed by atoms with Crippen LogP contribution < -0.4 is 4.80 Å². The lowest BCUT2D eigenvalue weighted by Crippen LogP contribution is -2.19. The summed E-state index contributed by atoms with van der Waals surface area (Å²) in [5.41, 5.74) is 4.10. The molecule has 0 saturated heterocycles. The number of aryl methyl sites for hydroxylation is 2. The highest BCUT2D eigenvalue weighted by Crippen LogP contribution is 2.22. The third kappa shape index (κ3) is 4.35. The molecule has 2 aromatic carbocycles. The molecule has 7 nitrogen and oxygen atoms in total. The number of benzene rings is 2. The summed E-state index contributed by atoms with van der Waals surface area (Å²) in [4.78, 5) is 27.7. The number of carbonyl (C=O) groups is 1. The van der Waals surface area contributed by atoms with E-state index >= 15 is 0 Å². The minimum atomic E-state index is -0.462. The number of amides is 1. The monoisotopic (exact) mass is 399 g/mol. The lowest BCUT2D eigenvalue weighted by molar-refractivity contribution is -0.384. The van der Waals surface area contributed by atoms with Crippen molar-refractivity contribution in [3.63, 3.8) is 0 Å². The van der Waals surface area contributed by atoms with E-state index in [4.69, 9.17) is 4.74 Å². The summed E-state index contributed by atoms with van der Waals surface area (Å²) < 4.78 is 8.28. The second kappa shape index (κ2) is 8.45. The molecule has 1 aromatic heterocycles. The highest BCUT2D eigenvalue weighted by atomic mass is 32.1. The van der Waals surface area contributed by atoms with E-state index in [9.17, 15) is 14.9 Å². The lowest BCUT2D eigenvalue weighted by atomic mass is 10.1. The van der Waals surface area contributed by atoms with Crippen LogP contribution in [-0.4, -0.2) is 29.1 Å². The molecule has 1 amide bonds. The van der Waals surface area contributed by atoms with Crippen LogP contribution >= 0.6 is 11.3 Å². The minimum Gasteiger partial charge on any atom is -0.383 e. The number of rotatable bonds is 6. The number of thiazole rings is 1. The number of carbonyl (C=O) groups excluding carboxylic acids is 1. The summed E-state index contributed by atoms with van der Waals surface area (Å²) in [5, 5.41) is 10.7. The second-order valence-corrected chi connectivity index (χ2v) is 7.55. The Balaban J connectivity index is 1.95. The number of nitro benzene ring substituents is 1. The van der Waals surface area contributed by atoms with E-state index in [1.54, 1.807) is 19.2 Å². The molecule has 0 bridgehead atoms. The molecule has 3 aromatic rings. The first-order chi connectivity index (χ1) is 13.4. The molecule has 3 rings (SSSR count). The standard InChI is InChI=1S/C20H21N3O4S/c1-13-10-17-18(11-14(13)2)28-20(22(17)8-9-27-3)21-19(24)12-15-4-6-16(7-5-15)23(25)26/h4-7,10-11H,8-9,12H2,1-3H3. The molecule has 0 saturated carbocycles. The molecule has 0 aliphatic rings. The molecular weight excluding hydrogens is 378 g/mol. The first-order valence-electron chi connectivity index (χ1n) is 8.79. The van der Waals surface area contributed by atoms with Gasteiger partial charge in [-0.15, -0.1) is 0 Å². The van der Waals surface area contributed by atoms with E-state index in [0.29, 0.717) is 23.5 Å². The Hall–Kier alpha value is -2.84. The van der Waals surface area contributed by atoms with E-state index in [2.05, 4.69) is 31.0 Å². The summed E-state index contributed by atoms with van der Waals surface area (Å²) in [7, 11) is 1.64. The molecule has 0 fully saturated rings. The molecule has 0 spiro atoms. The predicted molar refractivity (Wildman–Crippen MR) is 109 cm³/mol. The van der Waals surface area contributed by atoms with Crippen molar-refractivity contribution in [2.24, 2.45) is 4.99 Å². The Labute approximate surface area is 166 Å². The lowest BCUT2D eigenvalue weighted by Gasteiger charge is -2.06. The average molecular weight is 399 g/mol. The number of non-ortho nitro benzene ring substituents is 1. The molecule has 0 radical (unpaired) electrons. The summed E-state index contributed by atoms with van der Waals surface area (Å²) in [6.07, 6.45) is 0.0918. The normalized spacial score (nSPS) is 11.9. The van der Waals surface area contributed by atoms with Crippen molar-refractivity contribution < 1.29 is 14.5 Å². The maximum absolute atomic E-state index is 12.5. The van der Waals surface area contributed by atoms with Crippen molar-refractivity contribution in [2.75, 3.05) is 13.7 Å². The molecule has 1 heterocycles. The summed E-state index contributed by atoms with van der Waals surface area (Å²) in [5.74, 6) is -0.292. The zero-order valence-electron chi connectivity index (χ0n) is 16.0. The van der Waals surface area contributed by atoms with Gasteiger partial charge in [-0.25, -0.2) is 0 Å². The van der Waals surface area contributed by atoms with Gasteiger partial charge in [0, 0.05) is 25.8 Å². The van der Waals surface area contributed by atoms with Crippen molar-refractivity contribution in [1.82, 2.24) is 4.57 Å². The van der Waals surface area contributed by atoms with Crippen LogP contribution in [0.15, 0.2) is 41.4 Å². The second-order valence-electron chi connectivity index (χ2n) is 6.54. The van der Waals surface area contributed by atoms with Gasteiger partial charge in [0.25, 0.3) is 11.6 Å². The van der Waals surface area contributed by atoms with Gasteiger partial charge in [-0.1, -0.05) is 23.5 Å². The van der Waals surface area contributed by atoms with Crippen LogP contribution in [0.25, 0.3) is 10.2 Å². The maximum atomic E-state index is 12.5. The van der Waals surface area contributed by atoms with Gasteiger partial charge in [-0.2, -0.15) is 4.99 Å². The Morgan fingerprint density at radius 3 is 2.54 bits per heavy atom. The van der Waals surface area contributed by atoms with Crippen LogP contribution in [0.2, 0.25) is 0 Å². The van der Waals surface area contributed by atoms with Gasteiger partial charge in [0.1, 0.15) is 0 Å². The summed E-state index contributed by atoms with van der Waals surface area (Å²) in [6, 6.07) is 10.2. The van der Waals surface area contributed by atoms with Gasteiger partial charge in [-0.3, -0.25) is 14.9 Å². The van der Waals surface area contributed by atoms with Crippen molar-refractivity contribution in [2.45, 2.75) is 26.8 Å². The Morgan fingerprint density at radius 1 is 1.21 bits per heavy atom. The predicted octanol–water partition coefficient (Wildman–Crippen LogP) is 3.54. The molecule has 0 atom stereocenters. The van der Waals surface area contributed by atoms with Crippen molar-refractivity contribution >= 4 is 33.1 Å². The van der Waals surface area contributed by atoms with Gasteiger partial charge in [0.15, 0.2) is 4.80 Å². The number of hydrogen-bond acceptors (Lipinski definition) is 5. The zero-order valence-corrected chi connectivity index (χ0v) is 16.8. The molecular formula is C20H21N3O4S. The molecule has 0 unspecified atom stereocenters. The molecule has 146 valence electrons. The van der Waals surface area contributed by atoms with Gasteiger partial charge in [-0.05, 0) is 42.7 Å². The number of hydrogen-bond donors (Lipinski definition) is 0. The summed E-state index contributed by atoms with van der Waals surface area (Å²) in [6.45, 7) is 5.24. The fraction of sp³-hybridized carbons (Fsp3) is 0.300. The molecule has 0 aliphatic carbocycles. The zero-order chi connectivity index (χ0) is 20.3. The number of methoxy groups -OCH3 is 1. The number of nitro groups is 1. The van der Waals surface area contributed by atoms with Crippen LogP contribution in [-0.2, 0) is 22.5 Å². The van der Waals surface area contributed by atoms with Gasteiger partial charge >= 0.3 is 0 Å². The Morgan fingerprint density at radius 2 is 1.89 bits per heavy atom. The fourth-order valence-electron chi connectivity index (χ4n) is 2.86. The van der Waals surface area contributed by atoms with E-state index in [0.717, 1.165) is 10.2 Å². The number of fused-ring (bicyclic) bond motifs is 1. The molecule has 28 heavy (non-hydrogen) atoms. The highest BCUT2D eigenvalue weighted by Gasteiger charge is 2.11. The molecule has 8 heteroatoms. The van der Waals surface area contributed by atoms with E-state index in [1.165, 1.54) is 34.6 Å². The van der Waals surface area contributed by atoms with Crippen LogP contribution in [0.5, 0.6) is 0 Å². The smallest absolute Gasteiger partial charge is 0.269 e. The number of aromatic nitrogens is 1. The van der Waals surface area contributed by atoms with Gasteiger partial charge in [0.05, 0.1) is 28.2 Å². The fourth-order valence-corrected chi connectivity index (χ4v) is 4.02. The van der Waals surface area contributed by atoms with E-state index in [-0.39, 0.29) is 18.0 Å². The third-order valence-corrected chi connectivity index (χ3v) is 5.58. The maximum Gasteiger partial charge on any atom is 0.269 e. The largest absolute Gasteiger partial charge is 0.383 e. The molecule has 0 N–H and O–H groups in total. The Kier molecular flexibility index (Phi) is 6.01. The van der Waals surface area contributed by atoms with Crippen LogP contribution in [0.3, 0.4) is 0 Å². The van der Waals surface area contributed by atoms with E-state index in [1.807, 2.05) is 4.57 Å². The van der Waals surface area contributed by atoms with Crippen molar-refractivity contribution in [3.8, 4) is 0 Å². The van der Waals surface area contributed by atoms with Crippen molar-refractivity contribution in [1.29, 1.82) is 0 Å². The van der Waals surface area contributed by atoms with Crippen molar-refractivity contribution in [3.05, 3.63) is 68.0 Å². The third-order valence-electron chi connectivity index (χ3n) is 4.54. The highest BCUT2D eigenvalue weighted by molar-refractivity contribution is 7.16. The first kappa shape index (κ1) is 19.9. The molecule has 0 aliphatic heterocycles. The first-order valence-corrected chi connectivity index (χ1v) is 9.61. The Bertz CT molecular complexity index is 1100. The van der Waals surface area contributed by atoms with E-state index < -0.39 is 4.92 Å². The minimum absolute atomic E-state index is 0.000733. The van der Waals surface area contributed by atoms with Crippen LogP contribution in [0.4, 0.5) is 5.69 Å². The average Bonchev–Trinajstić information content (AvgIpc) is 2.96. The van der Waals surface area contributed by atoms with Gasteiger partial charge in [0.2, 0.25) is 0 Å². The number of nitrogens with zero attached hydrogens (tertiary/aromatic N) is 3. The van der Waals surface area contributed by atoms with Crippen LogP contribution in [0, 0.1) is 24.0 Å². The number of ether oxygens (including phenoxy) is 1.